The van der Waals surface area contributed by atoms with Crippen LogP contribution in [-0.2, 0) is 15.1 Å². The lowest BCUT2D eigenvalue weighted by Crippen LogP contribution is -2.41. The highest BCUT2D eigenvalue weighted by molar-refractivity contribution is 6.32. The van der Waals surface area contributed by atoms with Crippen molar-refractivity contribution in [3.8, 4) is 0 Å². The van der Waals surface area contributed by atoms with E-state index in [0.717, 1.165) is 17.0 Å². The van der Waals surface area contributed by atoms with Crippen LogP contribution in [0, 0.1) is 5.82 Å². The van der Waals surface area contributed by atoms with E-state index in [-0.39, 0.29) is 23.6 Å². The van der Waals surface area contributed by atoms with Gasteiger partial charge in [0, 0.05) is 23.6 Å². The van der Waals surface area contributed by atoms with Crippen LogP contribution in [0.25, 0.3) is 0 Å². The van der Waals surface area contributed by atoms with E-state index < -0.39 is 29.2 Å². The molecule has 0 saturated carbocycles. The molecule has 1 atom stereocenters. The van der Waals surface area contributed by atoms with Crippen molar-refractivity contribution < 1.29 is 18.8 Å². The van der Waals surface area contributed by atoms with Gasteiger partial charge in [0.15, 0.2) is 0 Å². The number of halogens is 2. The lowest BCUT2D eigenvalue weighted by molar-refractivity contribution is -0.131. The Morgan fingerprint density at radius 1 is 1.48 bits per heavy atom. The largest absolute Gasteiger partial charge is 0.370 e. The van der Waals surface area contributed by atoms with Crippen LogP contribution >= 0.6 is 11.6 Å². The van der Waals surface area contributed by atoms with Crippen molar-refractivity contribution in [3.63, 3.8) is 0 Å². The zero-order chi connectivity index (χ0) is 15.8. The van der Waals surface area contributed by atoms with Crippen molar-refractivity contribution in [2.45, 2.75) is 18.9 Å². The summed E-state index contributed by atoms with van der Waals surface area (Å²) in [4.78, 5) is 36.0. The van der Waals surface area contributed by atoms with Crippen LogP contribution in [-0.4, -0.2) is 29.3 Å². The van der Waals surface area contributed by atoms with Gasteiger partial charge in [-0.2, -0.15) is 0 Å². The van der Waals surface area contributed by atoms with Gasteiger partial charge < -0.3 is 11.1 Å². The van der Waals surface area contributed by atoms with Crippen LogP contribution in [0.2, 0.25) is 5.02 Å². The van der Waals surface area contributed by atoms with Crippen molar-refractivity contribution in [1.82, 2.24) is 10.2 Å². The molecule has 1 aromatic rings. The predicted octanol–water partition coefficient (Wildman–Crippen LogP) is 1.12. The summed E-state index contributed by atoms with van der Waals surface area (Å²) in [5, 5.41) is 2.54. The first-order valence-corrected chi connectivity index (χ1v) is 6.51. The summed E-state index contributed by atoms with van der Waals surface area (Å²) in [6.07, 6.45) is -0.133. The van der Waals surface area contributed by atoms with Gasteiger partial charge in [-0.1, -0.05) is 17.7 Å². The van der Waals surface area contributed by atoms with Gasteiger partial charge >= 0.3 is 6.03 Å². The number of hydrogen-bond acceptors (Lipinski definition) is 3. The number of nitrogens with one attached hydrogen (secondary N) is 1. The third-order valence-electron chi connectivity index (χ3n) is 3.33. The fourth-order valence-electron chi connectivity index (χ4n) is 2.20. The Balaban J connectivity index is 2.33. The number of benzene rings is 1. The number of carbonyl (C=O) groups excluding carboxylic acids is 3. The molecule has 112 valence electrons. The summed E-state index contributed by atoms with van der Waals surface area (Å²) in [7, 11) is 0. The number of imide groups is 1. The predicted molar refractivity (Wildman–Crippen MR) is 72.8 cm³/mol. The standard InChI is InChI=1S/C13H13ClFN3O3/c1-13(8-3-2-7(15)6-9(8)14)11(20)18(12(21)17-13)5-4-10(16)19/h2-3,6H,4-5H2,1H3,(H2,16,19)(H,17,21). The zero-order valence-electron chi connectivity index (χ0n) is 11.2. The molecule has 0 bridgehead atoms. The Morgan fingerprint density at radius 3 is 2.71 bits per heavy atom. The Labute approximate surface area is 125 Å². The third-order valence-corrected chi connectivity index (χ3v) is 3.64. The molecular formula is C13H13ClFN3O3. The minimum absolute atomic E-state index is 0.0305. The van der Waals surface area contributed by atoms with E-state index in [0.29, 0.717) is 0 Å². The second-order valence-corrected chi connectivity index (χ2v) is 5.26. The average molecular weight is 314 g/mol. The highest BCUT2D eigenvalue weighted by Crippen LogP contribution is 2.33. The molecule has 1 unspecified atom stereocenters. The van der Waals surface area contributed by atoms with Crippen molar-refractivity contribution in [3.05, 3.63) is 34.6 Å². The van der Waals surface area contributed by atoms with Crippen molar-refractivity contribution >= 4 is 29.4 Å². The molecule has 0 aliphatic carbocycles. The number of rotatable bonds is 4. The number of hydrogen-bond donors (Lipinski definition) is 2. The van der Waals surface area contributed by atoms with Gasteiger partial charge in [-0.3, -0.25) is 14.5 Å². The molecule has 1 fully saturated rings. The maximum Gasteiger partial charge on any atom is 0.325 e. The topological polar surface area (TPSA) is 92.5 Å². The monoisotopic (exact) mass is 313 g/mol. The van der Waals surface area contributed by atoms with Crippen LogP contribution in [0.4, 0.5) is 9.18 Å². The van der Waals surface area contributed by atoms with Gasteiger partial charge in [0.05, 0.1) is 0 Å². The average Bonchev–Trinajstić information content (AvgIpc) is 2.58. The number of nitrogens with zero attached hydrogens (tertiary/aromatic N) is 1. The minimum atomic E-state index is -1.40. The third kappa shape index (κ3) is 2.69. The van der Waals surface area contributed by atoms with Crippen LogP contribution in [0.1, 0.15) is 18.9 Å². The van der Waals surface area contributed by atoms with Gasteiger partial charge in [-0.05, 0) is 19.1 Å². The number of carbonyl (C=O) groups is 3. The molecule has 21 heavy (non-hydrogen) atoms. The summed E-state index contributed by atoms with van der Waals surface area (Å²) >= 11 is 5.95. The Kier molecular flexibility index (Phi) is 3.87. The van der Waals surface area contributed by atoms with E-state index in [1.807, 2.05) is 0 Å². The molecule has 6 nitrogen and oxygen atoms in total. The molecule has 0 spiro atoms. The van der Waals surface area contributed by atoms with Crippen molar-refractivity contribution in [2.75, 3.05) is 6.54 Å². The van der Waals surface area contributed by atoms with E-state index >= 15 is 0 Å². The molecule has 1 aromatic carbocycles. The first kappa shape index (κ1) is 15.2. The SMILES string of the molecule is CC1(c2ccc(F)cc2Cl)NC(=O)N(CCC(N)=O)C1=O. The molecule has 4 amide bonds. The van der Waals surface area contributed by atoms with E-state index in [2.05, 4.69) is 5.32 Å². The van der Waals surface area contributed by atoms with E-state index in [1.54, 1.807) is 0 Å². The summed E-state index contributed by atoms with van der Waals surface area (Å²) in [6.45, 7) is 1.35. The molecule has 0 radical (unpaired) electrons. The first-order chi connectivity index (χ1) is 9.75. The fourth-order valence-corrected chi connectivity index (χ4v) is 2.56. The molecule has 1 aliphatic heterocycles. The van der Waals surface area contributed by atoms with Crippen molar-refractivity contribution in [1.29, 1.82) is 0 Å². The molecular weight excluding hydrogens is 301 g/mol. The second kappa shape index (κ2) is 5.33. The number of amides is 4. The van der Waals surface area contributed by atoms with Crippen LogP contribution in [0.15, 0.2) is 18.2 Å². The van der Waals surface area contributed by atoms with E-state index in [1.165, 1.54) is 13.0 Å². The van der Waals surface area contributed by atoms with E-state index in [9.17, 15) is 18.8 Å². The highest BCUT2D eigenvalue weighted by atomic mass is 35.5. The molecule has 3 N–H and O–H groups in total. The van der Waals surface area contributed by atoms with E-state index in [4.69, 9.17) is 17.3 Å². The first-order valence-electron chi connectivity index (χ1n) is 6.13. The Morgan fingerprint density at radius 2 is 2.14 bits per heavy atom. The molecule has 1 aliphatic rings. The maximum atomic E-state index is 13.1. The highest BCUT2D eigenvalue weighted by Gasteiger charge is 2.49. The molecule has 2 rings (SSSR count). The normalized spacial score (nSPS) is 21.6. The van der Waals surface area contributed by atoms with Gasteiger partial charge in [0.1, 0.15) is 11.4 Å². The van der Waals surface area contributed by atoms with Crippen LogP contribution in [0.3, 0.4) is 0 Å². The van der Waals surface area contributed by atoms with Crippen molar-refractivity contribution in [2.24, 2.45) is 5.73 Å². The Bertz CT molecular complexity index is 637. The Hall–Kier alpha value is -2.15. The van der Waals surface area contributed by atoms with Gasteiger partial charge in [0.2, 0.25) is 5.91 Å². The lowest BCUT2D eigenvalue weighted by Gasteiger charge is -2.23. The number of nitrogens with two attached hydrogens (primary N) is 1. The maximum absolute atomic E-state index is 13.1. The molecule has 1 heterocycles. The summed E-state index contributed by atoms with van der Waals surface area (Å²) in [6, 6.07) is 2.91. The van der Waals surface area contributed by atoms with Crippen LogP contribution < -0.4 is 11.1 Å². The van der Waals surface area contributed by atoms with Crippen LogP contribution in [0.5, 0.6) is 0 Å². The molecule has 0 aromatic heterocycles. The summed E-state index contributed by atoms with van der Waals surface area (Å²) in [5.74, 6) is -1.74. The fraction of sp³-hybridized carbons (Fsp3) is 0.308. The lowest BCUT2D eigenvalue weighted by atomic mass is 9.92. The quantitative estimate of drug-likeness (QED) is 0.816. The smallest absolute Gasteiger partial charge is 0.325 e. The second-order valence-electron chi connectivity index (χ2n) is 4.85. The number of urea groups is 1. The molecule has 1 saturated heterocycles. The molecule has 8 heteroatoms. The van der Waals surface area contributed by atoms with Gasteiger partial charge in [0.25, 0.3) is 5.91 Å². The summed E-state index contributed by atoms with van der Waals surface area (Å²) in [5.41, 5.74) is 3.89. The minimum Gasteiger partial charge on any atom is -0.370 e. The van der Waals surface area contributed by atoms with Gasteiger partial charge in [-0.25, -0.2) is 9.18 Å². The van der Waals surface area contributed by atoms with Gasteiger partial charge in [-0.15, -0.1) is 0 Å². The number of primary amides is 1. The zero-order valence-corrected chi connectivity index (χ0v) is 11.9. The summed E-state index contributed by atoms with van der Waals surface area (Å²) < 4.78 is 13.1.